The van der Waals surface area contributed by atoms with E-state index in [0.717, 1.165) is 34.4 Å². The molecule has 27 heavy (non-hydrogen) atoms. The molecular weight excluding hydrogens is 344 g/mol. The molecule has 4 aromatic rings. The fraction of sp³-hybridized carbons (Fsp3) is 0.278. The van der Waals surface area contributed by atoms with Gasteiger partial charge in [0, 0.05) is 61.8 Å². The summed E-state index contributed by atoms with van der Waals surface area (Å²) in [5, 5.41) is 8.82. The van der Waals surface area contributed by atoms with E-state index in [1.807, 2.05) is 31.6 Å². The molecule has 1 aliphatic rings. The third-order valence-corrected chi connectivity index (χ3v) is 4.92. The van der Waals surface area contributed by atoms with Gasteiger partial charge >= 0.3 is 0 Å². The highest BCUT2D eigenvalue weighted by molar-refractivity contribution is 5.92. The summed E-state index contributed by atoms with van der Waals surface area (Å²) < 4.78 is 1.74. The van der Waals surface area contributed by atoms with Gasteiger partial charge in [-0.1, -0.05) is 0 Å². The molecule has 1 fully saturated rings. The molecule has 9 heteroatoms. The van der Waals surface area contributed by atoms with Gasteiger partial charge in [0.1, 0.15) is 5.65 Å². The molecule has 4 aromatic heterocycles. The van der Waals surface area contributed by atoms with Crippen molar-refractivity contribution in [1.29, 1.82) is 0 Å². The third-order valence-electron chi connectivity index (χ3n) is 4.92. The van der Waals surface area contributed by atoms with Crippen molar-refractivity contribution >= 4 is 28.5 Å². The number of hydrogen-bond donors (Lipinski definition) is 2. The molecule has 1 amide bonds. The lowest BCUT2D eigenvalue weighted by Gasteiger charge is -2.30. The number of fused-ring (bicyclic) bond motifs is 2. The van der Waals surface area contributed by atoms with Gasteiger partial charge in [-0.3, -0.25) is 4.79 Å². The Morgan fingerprint density at radius 2 is 2.22 bits per heavy atom. The van der Waals surface area contributed by atoms with Crippen LogP contribution in [0.4, 0.5) is 5.95 Å². The summed E-state index contributed by atoms with van der Waals surface area (Å²) in [7, 11) is 1.82. The largest absolute Gasteiger partial charge is 0.350 e. The first-order valence-corrected chi connectivity index (χ1v) is 8.83. The SMILES string of the molecule is CN1C[C@@H](Nc2ncc3c(-c4ccc5nccn5n4)c[nH]c3n2)CCC1=O. The number of hydrogen-bond acceptors (Lipinski definition) is 6. The summed E-state index contributed by atoms with van der Waals surface area (Å²) >= 11 is 0. The topological polar surface area (TPSA) is 104 Å². The van der Waals surface area contributed by atoms with Gasteiger partial charge in [0.15, 0.2) is 5.65 Å². The first-order valence-electron chi connectivity index (χ1n) is 8.83. The van der Waals surface area contributed by atoms with Gasteiger partial charge in [-0.05, 0) is 18.6 Å². The number of carbonyl (C=O) groups is 1. The summed E-state index contributed by atoms with van der Waals surface area (Å²) in [6.07, 6.45) is 8.56. The lowest BCUT2D eigenvalue weighted by atomic mass is 10.1. The number of likely N-dealkylation sites (N-methyl/N-ethyl adjacent to an activating group) is 1. The molecule has 5 rings (SSSR count). The molecule has 0 unspecified atom stereocenters. The summed E-state index contributed by atoms with van der Waals surface area (Å²) in [4.78, 5) is 29.8. The number of likely N-dealkylation sites (tertiary alicyclic amines) is 1. The second-order valence-corrected chi connectivity index (χ2v) is 6.76. The minimum Gasteiger partial charge on any atom is -0.350 e. The van der Waals surface area contributed by atoms with Crippen LogP contribution in [-0.2, 0) is 4.79 Å². The molecule has 1 atom stereocenters. The Hall–Kier alpha value is -3.49. The fourth-order valence-corrected chi connectivity index (χ4v) is 3.46. The van der Waals surface area contributed by atoms with Gasteiger partial charge < -0.3 is 15.2 Å². The highest BCUT2D eigenvalue weighted by atomic mass is 16.2. The number of amides is 1. The molecule has 0 aromatic carbocycles. The second-order valence-electron chi connectivity index (χ2n) is 6.76. The molecule has 5 heterocycles. The van der Waals surface area contributed by atoms with E-state index in [9.17, 15) is 4.79 Å². The monoisotopic (exact) mass is 362 g/mol. The average Bonchev–Trinajstić information content (AvgIpc) is 3.30. The number of piperidine rings is 1. The summed E-state index contributed by atoms with van der Waals surface area (Å²) in [5.74, 6) is 0.738. The van der Waals surface area contributed by atoms with Gasteiger partial charge in [0.25, 0.3) is 0 Å². The van der Waals surface area contributed by atoms with Crippen molar-refractivity contribution < 1.29 is 4.79 Å². The molecule has 0 saturated carbocycles. The Kier molecular flexibility index (Phi) is 3.52. The van der Waals surface area contributed by atoms with Gasteiger partial charge in [-0.25, -0.2) is 14.5 Å². The molecule has 1 saturated heterocycles. The van der Waals surface area contributed by atoms with E-state index in [1.165, 1.54) is 0 Å². The van der Waals surface area contributed by atoms with Crippen LogP contribution in [0.5, 0.6) is 0 Å². The van der Waals surface area contributed by atoms with Crippen molar-refractivity contribution in [3.8, 4) is 11.3 Å². The standard InChI is InChI=1S/C18H18N8O/c1-25-10-11(2-5-16(25)27)22-18-21-9-13-12(8-20-17(13)23-18)14-3-4-15-19-6-7-26(15)24-14/h3-4,6-9,11H,2,5,10H2,1H3,(H2,20,21,22,23)/t11-/m0/s1. The number of nitrogens with zero attached hydrogens (tertiary/aromatic N) is 6. The van der Waals surface area contributed by atoms with Gasteiger partial charge in [0.2, 0.25) is 11.9 Å². The molecule has 9 nitrogen and oxygen atoms in total. The van der Waals surface area contributed by atoms with Crippen LogP contribution in [0.3, 0.4) is 0 Å². The number of rotatable bonds is 3. The number of nitrogens with one attached hydrogen (secondary N) is 2. The normalized spacial score (nSPS) is 17.7. The molecule has 0 radical (unpaired) electrons. The molecule has 0 aliphatic carbocycles. The van der Waals surface area contributed by atoms with Crippen molar-refractivity contribution in [2.45, 2.75) is 18.9 Å². The predicted molar refractivity (Wildman–Crippen MR) is 100 cm³/mol. The van der Waals surface area contributed by atoms with Crippen molar-refractivity contribution in [3.63, 3.8) is 0 Å². The number of H-pyrrole nitrogens is 1. The van der Waals surface area contributed by atoms with Crippen LogP contribution in [0.1, 0.15) is 12.8 Å². The minimum atomic E-state index is 0.157. The van der Waals surface area contributed by atoms with Gasteiger partial charge in [-0.2, -0.15) is 10.1 Å². The van der Waals surface area contributed by atoms with E-state index in [0.29, 0.717) is 18.9 Å². The zero-order valence-electron chi connectivity index (χ0n) is 14.8. The summed E-state index contributed by atoms with van der Waals surface area (Å²) in [6, 6.07) is 4.02. The van der Waals surface area contributed by atoms with Crippen molar-refractivity contribution in [2.24, 2.45) is 0 Å². The van der Waals surface area contributed by atoms with Crippen LogP contribution in [-0.4, -0.2) is 60.0 Å². The Morgan fingerprint density at radius 1 is 1.30 bits per heavy atom. The first-order chi connectivity index (χ1) is 13.2. The smallest absolute Gasteiger partial charge is 0.224 e. The zero-order valence-corrected chi connectivity index (χ0v) is 14.8. The van der Waals surface area contributed by atoms with Gasteiger partial charge in [-0.15, -0.1) is 0 Å². The van der Waals surface area contributed by atoms with Gasteiger partial charge in [0.05, 0.1) is 5.69 Å². The zero-order chi connectivity index (χ0) is 18.4. The Bertz CT molecular complexity index is 1150. The van der Waals surface area contributed by atoms with Crippen molar-refractivity contribution in [2.75, 3.05) is 18.9 Å². The highest BCUT2D eigenvalue weighted by Gasteiger charge is 2.23. The highest BCUT2D eigenvalue weighted by Crippen LogP contribution is 2.26. The lowest BCUT2D eigenvalue weighted by molar-refractivity contribution is -0.132. The first kappa shape index (κ1) is 15.7. The average molecular weight is 362 g/mol. The number of imidazole rings is 1. The van der Waals surface area contributed by atoms with Crippen molar-refractivity contribution in [3.05, 3.63) is 36.9 Å². The Balaban J connectivity index is 1.43. The minimum absolute atomic E-state index is 0.157. The maximum absolute atomic E-state index is 11.6. The fourth-order valence-electron chi connectivity index (χ4n) is 3.46. The molecule has 2 N–H and O–H groups in total. The number of aromatic amines is 1. The molecule has 1 aliphatic heterocycles. The van der Waals surface area contributed by atoms with E-state index >= 15 is 0 Å². The quantitative estimate of drug-likeness (QED) is 0.575. The molecular formula is C18H18N8O. The van der Waals surface area contributed by atoms with E-state index in [1.54, 1.807) is 21.8 Å². The van der Waals surface area contributed by atoms with E-state index in [-0.39, 0.29) is 11.9 Å². The van der Waals surface area contributed by atoms with Crippen LogP contribution < -0.4 is 5.32 Å². The van der Waals surface area contributed by atoms with Crippen LogP contribution in [0.25, 0.3) is 27.9 Å². The van der Waals surface area contributed by atoms with E-state index in [2.05, 4.69) is 30.4 Å². The van der Waals surface area contributed by atoms with E-state index in [4.69, 9.17) is 0 Å². The summed E-state index contributed by atoms with van der Waals surface area (Å²) in [5.41, 5.74) is 3.31. The van der Waals surface area contributed by atoms with Crippen LogP contribution in [0.15, 0.2) is 36.9 Å². The van der Waals surface area contributed by atoms with Crippen molar-refractivity contribution in [1.82, 2.24) is 34.4 Å². The second kappa shape index (κ2) is 6.04. The van der Waals surface area contributed by atoms with Crippen LogP contribution >= 0.6 is 0 Å². The Morgan fingerprint density at radius 3 is 3.11 bits per heavy atom. The maximum Gasteiger partial charge on any atom is 0.224 e. The van der Waals surface area contributed by atoms with Crippen LogP contribution in [0.2, 0.25) is 0 Å². The molecule has 0 bridgehead atoms. The third kappa shape index (κ3) is 2.77. The molecule has 136 valence electrons. The summed E-state index contributed by atoms with van der Waals surface area (Å²) in [6.45, 7) is 0.658. The van der Waals surface area contributed by atoms with E-state index < -0.39 is 0 Å². The molecule has 0 spiro atoms. The Labute approximate surface area is 154 Å². The lowest BCUT2D eigenvalue weighted by Crippen LogP contribution is -2.43. The predicted octanol–water partition coefficient (Wildman–Crippen LogP) is 1.70. The number of aromatic nitrogens is 6. The number of carbonyl (C=O) groups excluding carboxylic acids is 1. The van der Waals surface area contributed by atoms with Crippen LogP contribution in [0, 0.1) is 0 Å². The maximum atomic E-state index is 11.6. The number of anilines is 1.